The van der Waals surface area contributed by atoms with E-state index in [-0.39, 0.29) is 24.3 Å². The summed E-state index contributed by atoms with van der Waals surface area (Å²) in [6.07, 6.45) is 0.309. The third-order valence-corrected chi connectivity index (χ3v) is 5.99. The number of pyridine rings is 1. The number of aliphatic hydroxyl groups is 2. The standard InChI is InChI=1S/C23H27FN6O3S/c1-23(2,33)13-6-7-15(17(24)10-13)18-12-16(21(25)32)22(34-18)29-19-5-3-4-14(28-19)11-20(30-26)27-8-9-31/h3-7,10,12,31,33H,8-9,11,26H2,1-2H3,(H2,25,32)(H,27,30)(H,28,29). The van der Waals surface area contributed by atoms with Gasteiger partial charge in [-0.3, -0.25) is 9.79 Å². The first kappa shape index (κ1) is 25.2. The number of carbonyl (C=O) groups excluding carboxylic acids is 1. The average molecular weight is 487 g/mol. The van der Waals surface area contributed by atoms with Crippen molar-refractivity contribution >= 4 is 33.9 Å². The fourth-order valence-corrected chi connectivity index (χ4v) is 4.27. The number of amides is 1. The summed E-state index contributed by atoms with van der Waals surface area (Å²) in [6, 6.07) is 11.3. The maximum Gasteiger partial charge on any atom is 0.251 e. The van der Waals surface area contributed by atoms with Gasteiger partial charge in [0.1, 0.15) is 22.5 Å². The Balaban J connectivity index is 1.90. The van der Waals surface area contributed by atoms with Crippen LogP contribution >= 0.6 is 11.3 Å². The molecule has 3 aromatic rings. The number of nitrogens with zero attached hydrogens (tertiary/aromatic N) is 2. The maximum atomic E-state index is 14.8. The number of anilines is 2. The summed E-state index contributed by atoms with van der Waals surface area (Å²) >= 11 is 1.16. The average Bonchev–Trinajstić information content (AvgIpc) is 3.20. The molecule has 0 aliphatic rings. The molecule has 1 aromatic carbocycles. The highest BCUT2D eigenvalue weighted by molar-refractivity contribution is 7.19. The Bertz CT molecular complexity index is 1210. The van der Waals surface area contributed by atoms with Crippen molar-refractivity contribution in [1.82, 2.24) is 10.4 Å². The molecule has 0 bridgehead atoms. The second-order valence-corrected chi connectivity index (χ2v) is 9.04. The van der Waals surface area contributed by atoms with Gasteiger partial charge in [0.05, 0.1) is 30.0 Å². The lowest BCUT2D eigenvalue weighted by Gasteiger charge is -2.18. The van der Waals surface area contributed by atoms with Crippen molar-refractivity contribution < 1.29 is 19.4 Å². The molecule has 0 saturated carbocycles. The van der Waals surface area contributed by atoms with Gasteiger partial charge in [0.2, 0.25) is 0 Å². The smallest absolute Gasteiger partial charge is 0.251 e. The number of benzene rings is 1. The number of rotatable bonds is 9. The molecule has 11 heteroatoms. The van der Waals surface area contributed by atoms with E-state index in [1.165, 1.54) is 12.1 Å². The minimum absolute atomic E-state index is 0.0993. The zero-order valence-electron chi connectivity index (χ0n) is 18.8. The Morgan fingerprint density at radius 3 is 2.65 bits per heavy atom. The highest BCUT2D eigenvalue weighted by Crippen LogP contribution is 2.38. The maximum absolute atomic E-state index is 14.8. The van der Waals surface area contributed by atoms with Crippen LogP contribution in [0.25, 0.3) is 10.4 Å². The third-order valence-electron chi connectivity index (χ3n) is 4.90. The highest BCUT2D eigenvalue weighted by Gasteiger charge is 2.21. The van der Waals surface area contributed by atoms with E-state index in [1.807, 2.05) is 0 Å². The lowest BCUT2D eigenvalue weighted by Crippen LogP contribution is -2.32. The van der Waals surface area contributed by atoms with E-state index in [1.54, 1.807) is 44.2 Å². The molecule has 2 aromatic heterocycles. The SMILES string of the molecule is CC(C)(O)c1ccc(-c2cc(C(N)=O)c(Nc3cccc(CC(=NCCO)NN)n3)s2)c(F)c1. The number of primary amides is 1. The van der Waals surface area contributed by atoms with E-state index in [0.717, 1.165) is 11.3 Å². The molecule has 3 rings (SSSR count). The summed E-state index contributed by atoms with van der Waals surface area (Å²) in [7, 11) is 0. The molecule has 34 heavy (non-hydrogen) atoms. The lowest BCUT2D eigenvalue weighted by molar-refractivity contribution is 0.0782. The van der Waals surface area contributed by atoms with Crippen LogP contribution in [-0.2, 0) is 12.0 Å². The van der Waals surface area contributed by atoms with Gasteiger partial charge in [0.25, 0.3) is 5.91 Å². The van der Waals surface area contributed by atoms with Gasteiger partial charge in [-0.15, -0.1) is 11.3 Å². The van der Waals surface area contributed by atoms with E-state index < -0.39 is 17.3 Å². The minimum Gasteiger partial charge on any atom is -0.394 e. The molecule has 0 radical (unpaired) electrons. The number of halogens is 1. The van der Waals surface area contributed by atoms with Gasteiger partial charge in [-0.2, -0.15) is 0 Å². The Morgan fingerprint density at radius 2 is 2.03 bits per heavy atom. The number of carbonyl (C=O) groups is 1. The van der Waals surface area contributed by atoms with Crippen LogP contribution in [0.1, 0.15) is 35.5 Å². The quantitative estimate of drug-likeness (QED) is 0.117. The molecule has 0 saturated heterocycles. The molecule has 0 aliphatic carbocycles. The Labute approximate surface area is 200 Å². The van der Waals surface area contributed by atoms with E-state index in [2.05, 4.69) is 20.7 Å². The van der Waals surface area contributed by atoms with Crippen molar-refractivity contribution in [2.75, 3.05) is 18.5 Å². The van der Waals surface area contributed by atoms with Crippen molar-refractivity contribution in [2.24, 2.45) is 16.6 Å². The number of nitrogens with two attached hydrogens (primary N) is 2. The summed E-state index contributed by atoms with van der Waals surface area (Å²) < 4.78 is 14.8. The number of hydrogen-bond donors (Lipinski definition) is 6. The molecule has 0 unspecified atom stereocenters. The van der Waals surface area contributed by atoms with Crippen LogP contribution in [-0.4, -0.2) is 40.1 Å². The number of aliphatic imine (C=N–C) groups is 1. The fourth-order valence-electron chi connectivity index (χ4n) is 3.17. The Morgan fingerprint density at radius 1 is 1.26 bits per heavy atom. The summed E-state index contributed by atoms with van der Waals surface area (Å²) in [5.74, 6) is 5.20. The van der Waals surface area contributed by atoms with Crippen LogP contribution in [0.5, 0.6) is 0 Å². The molecular formula is C23H27FN6O3S. The van der Waals surface area contributed by atoms with E-state index in [9.17, 15) is 14.3 Å². The summed E-state index contributed by atoms with van der Waals surface area (Å²) in [6.45, 7) is 3.26. The van der Waals surface area contributed by atoms with Crippen LogP contribution in [0.15, 0.2) is 47.5 Å². The number of hydrogen-bond acceptors (Lipinski definition) is 8. The molecule has 1 amide bonds. The normalized spacial score (nSPS) is 12.0. The van der Waals surface area contributed by atoms with Crippen molar-refractivity contribution in [3.05, 3.63) is 65.1 Å². The zero-order chi connectivity index (χ0) is 24.9. The van der Waals surface area contributed by atoms with Gasteiger partial charge < -0.3 is 26.7 Å². The Hall–Kier alpha value is -3.38. The van der Waals surface area contributed by atoms with Crippen LogP contribution in [0, 0.1) is 5.82 Å². The predicted octanol–water partition coefficient (Wildman–Crippen LogP) is 2.42. The number of hydrazine groups is 1. The molecule has 180 valence electrons. The first-order valence-electron chi connectivity index (χ1n) is 10.4. The number of amidine groups is 1. The van der Waals surface area contributed by atoms with Crippen molar-refractivity contribution in [2.45, 2.75) is 25.9 Å². The monoisotopic (exact) mass is 486 g/mol. The Kier molecular flexibility index (Phi) is 7.94. The highest BCUT2D eigenvalue weighted by atomic mass is 32.1. The number of nitrogens with one attached hydrogen (secondary N) is 2. The van der Waals surface area contributed by atoms with Crippen molar-refractivity contribution in [3.63, 3.8) is 0 Å². The molecule has 9 nitrogen and oxygen atoms in total. The van der Waals surface area contributed by atoms with E-state index in [0.29, 0.717) is 39.2 Å². The number of aromatic nitrogens is 1. The fraction of sp³-hybridized carbons (Fsp3) is 0.261. The van der Waals surface area contributed by atoms with Crippen LogP contribution < -0.4 is 22.3 Å². The van der Waals surface area contributed by atoms with Gasteiger partial charge in [-0.25, -0.2) is 15.2 Å². The first-order chi connectivity index (χ1) is 16.1. The number of aliphatic hydroxyl groups excluding tert-OH is 1. The van der Waals surface area contributed by atoms with Crippen LogP contribution in [0.2, 0.25) is 0 Å². The van der Waals surface area contributed by atoms with Crippen molar-refractivity contribution in [3.8, 4) is 10.4 Å². The van der Waals surface area contributed by atoms with Gasteiger partial charge in [0, 0.05) is 16.9 Å². The largest absolute Gasteiger partial charge is 0.394 e. The van der Waals surface area contributed by atoms with Gasteiger partial charge in [-0.05, 0) is 43.7 Å². The van der Waals surface area contributed by atoms with Gasteiger partial charge in [-0.1, -0.05) is 18.2 Å². The van der Waals surface area contributed by atoms with E-state index in [4.69, 9.17) is 16.7 Å². The second kappa shape index (κ2) is 10.7. The molecule has 0 fully saturated rings. The van der Waals surface area contributed by atoms with Crippen LogP contribution in [0.4, 0.5) is 15.2 Å². The zero-order valence-corrected chi connectivity index (χ0v) is 19.6. The predicted molar refractivity (Wildman–Crippen MR) is 131 cm³/mol. The molecule has 0 aliphatic heterocycles. The molecular weight excluding hydrogens is 459 g/mol. The lowest BCUT2D eigenvalue weighted by atomic mass is 9.96. The molecule has 0 atom stereocenters. The first-order valence-corrected chi connectivity index (χ1v) is 11.2. The molecule has 2 heterocycles. The van der Waals surface area contributed by atoms with Gasteiger partial charge in [0.15, 0.2) is 0 Å². The topological polar surface area (TPSA) is 159 Å². The summed E-state index contributed by atoms with van der Waals surface area (Å²) in [5.41, 5.74) is 8.44. The summed E-state index contributed by atoms with van der Waals surface area (Å²) in [4.78, 5) is 21.2. The van der Waals surface area contributed by atoms with Gasteiger partial charge >= 0.3 is 0 Å². The molecule has 8 N–H and O–H groups in total. The van der Waals surface area contributed by atoms with Crippen LogP contribution in [0.3, 0.4) is 0 Å². The number of thiophene rings is 1. The minimum atomic E-state index is -1.18. The third kappa shape index (κ3) is 6.14. The molecule has 0 spiro atoms. The van der Waals surface area contributed by atoms with Crippen molar-refractivity contribution in [1.29, 1.82) is 0 Å². The van der Waals surface area contributed by atoms with E-state index >= 15 is 0 Å². The second-order valence-electron chi connectivity index (χ2n) is 7.98. The summed E-state index contributed by atoms with van der Waals surface area (Å²) in [5, 5.41) is 22.6.